The lowest BCUT2D eigenvalue weighted by molar-refractivity contribution is -0.133. The number of rotatable bonds is 5. The molecule has 2 fully saturated rings. The van der Waals surface area contributed by atoms with Gasteiger partial charge in [0.1, 0.15) is 17.6 Å². The molecule has 1 N–H and O–H groups in total. The smallest absolute Gasteiger partial charge is 0.272 e. The Labute approximate surface area is 151 Å². The minimum Gasteiger partial charge on any atom is -0.354 e. The van der Waals surface area contributed by atoms with E-state index in [-0.39, 0.29) is 11.8 Å². The van der Waals surface area contributed by atoms with Gasteiger partial charge in [-0.05, 0) is 43.7 Å². The average Bonchev–Trinajstić information content (AvgIpc) is 3.36. The van der Waals surface area contributed by atoms with E-state index < -0.39 is 5.54 Å². The number of hydrogen-bond donors (Lipinski definition) is 1. The normalized spacial score (nSPS) is 19.2. The number of aromatic nitrogens is 4. The summed E-state index contributed by atoms with van der Waals surface area (Å²) in [7, 11) is 0. The Morgan fingerprint density at radius 2 is 2.04 bits per heavy atom. The highest BCUT2D eigenvalue weighted by atomic mass is 16.2. The first-order valence-corrected chi connectivity index (χ1v) is 9.03. The van der Waals surface area contributed by atoms with E-state index in [2.05, 4.69) is 20.4 Å². The zero-order chi connectivity index (χ0) is 18.0. The first-order valence-electron chi connectivity index (χ1n) is 9.03. The van der Waals surface area contributed by atoms with E-state index in [0.717, 1.165) is 6.54 Å². The second kappa shape index (κ2) is 6.86. The van der Waals surface area contributed by atoms with Gasteiger partial charge in [0, 0.05) is 38.2 Å². The predicted octanol–water partition coefficient (Wildman–Crippen LogP) is 0.831. The number of hydrogen-bond acceptors (Lipinski definition) is 5. The van der Waals surface area contributed by atoms with Crippen molar-refractivity contribution >= 4 is 11.8 Å². The molecule has 2 aliphatic rings. The summed E-state index contributed by atoms with van der Waals surface area (Å²) in [6.45, 7) is 1.70. The van der Waals surface area contributed by atoms with Crippen LogP contribution in [0.2, 0.25) is 0 Å². The first kappa shape index (κ1) is 16.7. The lowest BCUT2D eigenvalue weighted by atomic mass is 9.86. The number of carbonyl (C=O) groups is 2. The predicted molar refractivity (Wildman–Crippen MR) is 93.1 cm³/mol. The van der Waals surface area contributed by atoms with E-state index in [1.165, 1.54) is 19.2 Å². The highest BCUT2D eigenvalue weighted by molar-refractivity contribution is 5.92. The highest BCUT2D eigenvalue weighted by Gasteiger charge is 2.45. The van der Waals surface area contributed by atoms with Crippen molar-refractivity contribution in [3.05, 3.63) is 42.7 Å². The van der Waals surface area contributed by atoms with E-state index in [0.29, 0.717) is 37.5 Å². The Kier molecular flexibility index (Phi) is 4.40. The van der Waals surface area contributed by atoms with Crippen molar-refractivity contribution < 1.29 is 9.59 Å². The molecule has 0 spiro atoms. The highest BCUT2D eigenvalue weighted by Crippen LogP contribution is 2.32. The Morgan fingerprint density at radius 1 is 1.23 bits per heavy atom. The van der Waals surface area contributed by atoms with Gasteiger partial charge < -0.3 is 10.2 Å². The quantitative estimate of drug-likeness (QED) is 0.858. The van der Waals surface area contributed by atoms with Gasteiger partial charge >= 0.3 is 0 Å². The molecule has 0 radical (unpaired) electrons. The fourth-order valence-corrected chi connectivity index (χ4v) is 3.46. The molecule has 8 nitrogen and oxygen atoms in total. The number of nitrogens with zero attached hydrogens (tertiary/aromatic N) is 5. The second-order valence-electron chi connectivity index (χ2n) is 7.02. The Morgan fingerprint density at radius 3 is 2.65 bits per heavy atom. The summed E-state index contributed by atoms with van der Waals surface area (Å²) in [4.78, 5) is 35.2. The third-order valence-corrected chi connectivity index (χ3v) is 5.29. The molecular formula is C18H22N6O2. The van der Waals surface area contributed by atoms with Crippen LogP contribution in [0.3, 0.4) is 0 Å². The van der Waals surface area contributed by atoms with Gasteiger partial charge in [-0.25, -0.2) is 9.97 Å². The van der Waals surface area contributed by atoms with Gasteiger partial charge in [-0.3, -0.25) is 14.3 Å². The molecule has 3 heterocycles. The molecule has 0 aromatic carbocycles. The summed E-state index contributed by atoms with van der Waals surface area (Å²) in [5.41, 5.74) is -0.356. The topological polar surface area (TPSA) is 93.0 Å². The molecule has 0 atom stereocenters. The van der Waals surface area contributed by atoms with Crippen molar-refractivity contribution in [1.29, 1.82) is 0 Å². The fraction of sp³-hybridized carbons (Fsp3) is 0.500. The maximum absolute atomic E-state index is 13.0. The van der Waals surface area contributed by atoms with Crippen molar-refractivity contribution in [1.82, 2.24) is 30.0 Å². The zero-order valence-electron chi connectivity index (χ0n) is 14.5. The van der Waals surface area contributed by atoms with Crippen LogP contribution in [0.5, 0.6) is 0 Å². The summed E-state index contributed by atoms with van der Waals surface area (Å²) in [6, 6.07) is 3.44. The number of nitrogens with one attached hydrogen (secondary N) is 1. The van der Waals surface area contributed by atoms with Crippen LogP contribution in [0.4, 0.5) is 0 Å². The summed E-state index contributed by atoms with van der Waals surface area (Å²) in [5, 5.41) is 7.43. The molecule has 1 aliphatic carbocycles. The van der Waals surface area contributed by atoms with Crippen LogP contribution in [-0.2, 0) is 10.3 Å². The molecule has 2 amide bonds. The van der Waals surface area contributed by atoms with E-state index in [4.69, 9.17) is 0 Å². The summed E-state index contributed by atoms with van der Waals surface area (Å²) >= 11 is 0. The van der Waals surface area contributed by atoms with Crippen LogP contribution in [0, 0.1) is 5.92 Å². The minimum atomic E-state index is -0.735. The summed E-state index contributed by atoms with van der Waals surface area (Å²) < 4.78 is 1.75. The molecule has 1 saturated carbocycles. The molecule has 2 aromatic rings. The van der Waals surface area contributed by atoms with Gasteiger partial charge in [0.2, 0.25) is 5.91 Å². The standard InChI is InChI=1S/C18H22N6O2/c25-16(15-4-8-19-13-21-15)23-10-5-18(6-11-23,24-9-1-7-22-24)17(26)20-12-14-2-3-14/h1,4,7-9,13-14H,2-3,5-6,10-12H2,(H,20,26). The molecule has 0 unspecified atom stereocenters. The molecule has 2 aromatic heterocycles. The Bertz CT molecular complexity index is 764. The van der Waals surface area contributed by atoms with E-state index in [1.807, 2.05) is 12.3 Å². The largest absolute Gasteiger partial charge is 0.354 e. The van der Waals surface area contributed by atoms with Gasteiger partial charge in [0.15, 0.2) is 0 Å². The monoisotopic (exact) mass is 354 g/mol. The van der Waals surface area contributed by atoms with Crippen LogP contribution >= 0.6 is 0 Å². The molecule has 136 valence electrons. The van der Waals surface area contributed by atoms with Crippen molar-refractivity contribution in [2.24, 2.45) is 5.92 Å². The lowest BCUT2D eigenvalue weighted by Crippen LogP contribution is -2.56. The van der Waals surface area contributed by atoms with Crippen molar-refractivity contribution in [3.8, 4) is 0 Å². The maximum Gasteiger partial charge on any atom is 0.272 e. The molecule has 4 rings (SSSR count). The molecular weight excluding hydrogens is 332 g/mol. The number of likely N-dealkylation sites (tertiary alicyclic amines) is 1. The van der Waals surface area contributed by atoms with Crippen LogP contribution < -0.4 is 5.32 Å². The molecule has 8 heteroatoms. The summed E-state index contributed by atoms with van der Waals surface area (Å²) in [5.74, 6) is 0.496. The van der Waals surface area contributed by atoms with Gasteiger partial charge in [0.25, 0.3) is 5.91 Å². The van der Waals surface area contributed by atoms with Crippen molar-refractivity contribution in [3.63, 3.8) is 0 Å². The fourth-order valence-electron chi connectivity index (χ4n) is 3.46. The van der Waals surface area contributed by atoms with Gasteiger partial charge in [-0.2, -0.15) is 5.10 Å². The first-order chi connectivity index (χ1) is 12.7. The van der Waals surface area contributed by atoms with Gasteiger partial charge in [-0.1, -0.05) is 0 Å². The molecule has 1 aliphatic heterocycles. The average molecular weight is 354 g/mol. The summed E-state index contributed by atoms with van der Waals surface area (Å²) in [6.07, 6.45) is 9.89. The zero-order valence-corrected chi connectivity index (χ0v) is 14.5. The number of amides is 2. The number of carbonyl (C=O) groups excluding carboxylic acids is 2. The molecule has 0 bridgehead atoms. The Hall–Kier alpha value is -2.77. The van der Waals surface area contributed by atoms with Crippen LogP contribution in [0.25, 0.3) is 0 Å². The lowest BCUT2D eigenvalue weighted by Gasteiger charge is -2.40. The van der Waals surface area contributed by atoms with Crippen LogP contribution in [0.15, 0.2) is 37.1 Å². The van der Waals surface area contributed by atoms with Crippen LogP contribution in [0.1, 0.15) is 36.2 Å². The van der Waals surface area contributed by atoms with Crippen molar-refractivity contribution in [2.75, 3.05) is 19.6 Å². The third kappa shape index (κ3) is 3.18. The Balaban J connectivity index is 1.48. The van der Waals surface area contributed by atoms with E-state index >= 15 is 0 Å². The van der Waals surface area contributed by atoms with E-state index in [9.17, 15) is 9.59 Å². The van der Waals surface area contributed by atoms with Gasteiger partial charge in [-0.15, -0.1) is 0 Å². The van der Waals surface area contributed by atoms with Crippen molar-refractivity contribution in [2.45, 2.75) is 31.2 Å². The number of piperidine rings is 1. The van der Waals surface area contributed by atoms with Crippen LogP contribution in [-0.4, -0.2) is 56.1 Å². The molecule has 1 saturated heterocycles. The third-order valence-electron chi connectivity index (χ3n) is 5.29. The SMILES string of the molecule is O=C(c1ccncn1)N1CCC(C(=O)NCC2CC2)(n2cccn2)CC1. The van der Waals surface area contributed by atoms with E-state index in [1.54, 1.807) is 28.0 Å². The minimum absolute atomic E-state index is 0.00207. The van der Waals surface area contributed by atoms with Gasteiger partial charge in [0.05, 0.1) is 0 Å². The molecule has 26 heavy (non-hydrogen) atoms. The second-order valence-corrected chi connectivity index (χ2v) is 7.02. The maximum atomic E-state index is 13.0.